The van der Waals surface area contributed by atoms with E-state index in [2.05, 4.69) is 6.07 Å². The fourth-order valence-corrected chi connectivity index (χ4v) is 3.30. The Morgan fingerprint density at radius 3 is 2.89 bits per heavy atom. The first-order valence-corrected chi connectivity index (χ1v) is 8.57. The van der Waals surface area contributed by atoms with Crippen molar-refractivity contribution in [3.05, 3.63) is 35.4 Å². The fourth-order valence-electron chi connectivity index (χ4n) is 2.51. The first kappa shape index (κ1) is 14.5. The molecule has 0 unspecified atom stereocenters. The molecular weight excluding hydrogens is 264 g/mol. The van der Waals surface area contributed by atoms with Gasteiger partial charge in [-0.25, -0.2) is 8.42 Å². The maximum absolute atomic E-state index is 11.1. The fraction of sp³-hybridized carbons (Fsp3) is 0.571. The van der Waals surface area contributed by atoms with E-state index in [4.69, 9.17) is 4.74 Å². The summed E-state index contributed by atoms with van der Waals surface area (Å²) in [6.45, 7) is 0.0616. The second-order valence-electron chi connectivity index (χ2n) is 5.16. The van der Waals surface area contributed by atoms with Gasteiger partial charge in [0.25, 0.3) is 0 Å². The predicted octanol–water partition coefficient (Wildman–Crippen LogP) is 1.49. The number of fused-ring (bicyclic) bond motifs is 1. The van der Waals surface area contributed by atoms with Crippen LogP contribution in [0.3, 0.4) is 0 Å². The summed E-state index contributed by atoms with van der Waals surface area (Å²) >= 11 is 0. The van der Waals surface area contributed by atoms with E-state index in [1.54, 1.807) is 0 Å². The maximum atomic E-state index is 11.1. The summed E-state index contributed by atoms with van der Waals surface area (Å²) in [5.41, 5.74) is 2.46. The van der Waals surface area contributed by atoms with Crippen molar-refractivity contribution in [1.82, 2.24) is 0 Å². The molecule has 0 amide bonds. The van der Waals surface area contributed by atoms with Gasteiger partial charge in [0.05, 0.1) is 24.6 Å². The quantitative estimate of drug-likeness (QED) is 0.889. The van der Waals surface area contributed by atoms with Crippen LogP contribution in [0.5, 0.6) is 0 Å². The van der Waals surface area contributed by atoms with Crippen molar-refractivity contribution in [1.29, 1.82) is 0 Å². The monoisotopic (exact) mass is 284 g/mol. The van der Waals surface area contributed by atoms with Crippen LogP contribution in [0.4, 0.5) is 0 Å². The number of hydrogen-bond acceptors (Lipinski definition) is 4. The molecular formula is C14H20O4S. The van der Waals surface area contributed by atoms with E-state index >= 15 is 0 Å². The van der Waals surface area contributed by atoms with Crippen LogP contribution in [0.2, 0.25) is 0 Å². The highest BCUT2D eigenvalue weighted by atomic mass is 32.2. The van der Waals surface area contributed by atoms with E-state index in [-0.39, 0.29) is 18.5 Å². The van der Waals surface area contributed by atoms with Crippen LogP contribution in [0.25, 0.3) is 0 Å². The van der Waals surface area contributed by atoms with Gasteiger partial charge in [0, 0.05) is 6.26 Å². The van der Waals surface area contributed by atoms with Gasteiger partial charge in [0.15, 0.2) is 0 Å². The van der Waals surface area contributed by atoms with Gasteiger partial charge in [-0.3, -0.25) is 0 Å². The van der Waals surface area contributed by atoms with Gasteiger partial charge in [0.2, 0.25) is 0 Å². The van der Waals surface area contributed by atoms with E-state index < -0.39 is 15.9 Å². The lowest BCUT2D eigenvalue weighted by Gasteiger charge is -2.26. The van der Waals surface area contributed by atoms with Crippen LogP contribution in [0.1, 0.15) is 30.1 Å². The third-order valence-electron chi connectivity index (χ3n) is 3.30. The zero-order valence-electron chi connectivity index (χ0n) is 11.1. The Bertz CT molecular complexity index is 524. The molecule has 0 fully saturated rings. The third kappa shape index (κ3) is 4.30. The Kier molecular flexibility index (Phi) is 4.60. The highest BCUT2D eigenvalue weighted by molar-refractivity contribution is 7.90. The molecule has 0 spiro atoms. The van der Waals surface area contributed by atoms with Crippen molar-refractivity contribution in [3.8, 4) is 0 Å². The largest absolute Gasteiger partial charge is 0.390 e. The average molecular weight is 284 g/mol. The van der Waals surface area contributed by atoms with E-state index in [1.165, 1.54) is 11.1 Å². The van der Waals surface area contributed by atoms with Crippen molar-refractivity contribution in [2.75, 3.05) is 18.6 Å². The molecule has 1 aliphatic carbocycles. The van der Waals surface area contributed by atoms with Gasteiger partial charge in [-0.05, 0) is 30.4 Å². The Labute approximate surface area is 114 Å². The molecule has 2 rings (SSSR count). The van der Waals surface area contributed by atoms with Crippen molar-refractivity contribution < 1.29 is 18.3 Å². The molecule has 0 saturated carbocycles. The van der Waals surface area contributed by atoms with Crippen LogP contribution in [-0.2, 0) is 21.0 Å². The predicted molar refractivity (Wildman–Crippen MR) is 73.8 cm³/mol. The van der Waals surface area contributed by atoms with Crippen molar-refractivity contribution in [3.63, 3.8) is 0 Å². The minimum atomic E-state index is -3.17. The van der Waals surface area contributed by atoms with Crippen LogP contribution < -0.4 is 0 Å². The van der Waals surface area contributed by atoms with Gasteiger partial charge in [0.1, 0.15) is 9.84 Å². The third-order valence-corrected chi connectivity index (χ3v) is 4.29. The summed E-state index contributed by atoms with van der Waals surface area (Å²) in [7, 11) is -3.17. The summed E-state index contributed by atoms with van der Waals surface area (Å²) in [4.78, 5) is 0. The SMILES string of the molecule is CS(=O)(=O)C[C@@H](O)CO[C@H]1CCCc2ccccc21. The minimum absolute atomic E-state index is 0.0286. The Balaban J connectivity index is 1.94. The molecule has 0 aliphatic heterocycles. The smallest absolute Gasteiger partial charge is 0.150 e. The number of aryl methyl sites for hydroxylation is 1. The van der Waals surface area contributed by atoms with Gasteiger partial charge in [-0.15, -0.1) is 0 Å². The molecule has 106 valence electrons. The zero-order chi connectivity index (χ0) is 13.9. The normalized spacial score (nSPS) is 20.8. The van der Waals surface area contributed by atoms with Gasteiger partial charge < -0.3 is 9.84 Å². The summed E-state index contributed by atoms with van der Waals surface area (Å²) in [5, 5.41) is 9.66. The summed E-state index contributed by atoms with van der Waals surface area (Å²) in [6, 6.07) is 8.13. The lowest BCUT2D eigenvalue weighted by atomic mass is 9.89. The first-order valence-electron chi connectivity index (χ1n) is 6.51. The summed E-state index contributed by atoms with van der Waals surface area (Å²) in [6.07, 6.45) is 3.17. The number of ether oxygens (including phenoxy) is 1. The first-order chi connectivity index (χ1) is 8.96. The molecule has 4 nitrogen and oxygen atoms in total. The van der Waals surface area contributed by atoms with Crippen molar-refractivity contribution in [2.45, 2.75) is 31.5 Å². The molecule has 0 saturated heterocycles. The number of sulfone groups is 1. The minimum Gasteiger partial charge on any atom is -0.390 e. The highest BCUT2D eigenvalue weighted by Gasteiger charge is 2.22. The number of aliphatic hydroxyl groups excluding tert-OH is 1. The zero-order valence-corrected chi connectivity index (χ0v) is 11.9. The number of hydrogen-bond donors (Lipinski definition) is 1. The van der Waals surface area contributed by atoms with Crippen LogP contribution in [0, 0.1) is 0 Å². The molecule has 0 bridgehead atoms. The lowest BCUT2D eigenvalue weighted by Crippen LogP contribution is -2.26. The molecule has 1 N–H and O–H groups in total. The average Bonchev–Trinajstić information content (AvgIpc) is 2.34. The summed E-state index contributed by atoms with van der Waals surface area (Å²) in [5.74, 6) is -0.249. The Morgan fingerprint density at radius 1 is 1.42 bits per heavy atom. The molecule has 1 aliphatic rings. The van der Waals surface area contributed by atoms with Crippen molar-refractivity contribution >= 4 is 9.84 Å². The standard InChI is InChI=1S/C14H20O4S/c1-19(16,17)10-12(15)9-18-14-8-4-6-11-5-2-3-7-13(11)14/h2-3,5,7,12,14-15H,4,6,8-10H2,1H3/t12-,14-/m0/s1. The van der Waals surface area contributed by atoms with E-state index in [9.17, 15) is 13.5 Å². The number of benzene rings is 1. The van der Waals surface area contributed by atoms with Gasteiger partial charge >= 0.3 is 0 Å². The van der Waals surface area contributed by atoms with Crippen LogP contribution in [0.15, 0.2) is 24.3 Å². The molecule has 1 aromatic rings. The molecule has 0 heterocycles. The highest BCUT2D eigenvalue weighted by Crippen LogP contribution is 2.32. The Hall–Kier alpha value is -0.910. The second kappa shape index (κ2) is 6.03. The topological polar surface area (TPSA) is 63.6 Å². The molecule has 2 atom stereocenters. The molecule has 5 heteroatoms. The number of rotatable bonds is 5. The Morgan fingerprint density at radius 2 is 2.16 bits per heavy atom. The van der Waals surface area contributed by atoms with E-state index in [0.717, 1.165) is 25.5 Å². The van der Waals surface area contributed by atoms with Gasteiger partial charge in [-0.1, -0.05) is 24.3 Å². The van der Waals surface area contributed by atoms with Gasteiger partial charge in [-0.2, -0.15) is 0 Å². The maximum Gasteiger partial charge on any atom is 0.150 e. The second-order valence-corrected chi connectivity index (χ2v) is 7.34. The van der Waals surface area contributed by atoms with E-state index in [1.807, 2.05) is 18.2 Å². The molecule has 1 aromatic carbocycles. The van der Waals surface area contributed by atoms with Crippen molar-refractivity contribution in [2.24, 2.45) is 0 Å². The lowest BCUT2D eigenvalue weighted by molar-refractivity contribution is -0.0100. The summed E-state index contributed by atoms with van der Waals surface area (Å²) < 4.78 is 27.9. The molecule has 0 radical (unpaired) electrons. The molecule has 19 heavy (non-hydrogen) atoms. The van der Waals surface area contributed by atoms with Crippen LogP contribution >= 0.6 is 0 Å². The number of aliphatic hydroxyl groups is 1. The molecule has 0 aromatic heterocycles. The van der Waals surface area contributed by atoms with E-state index in [0.29, 0.717) is 0 Å². The van der Waals surface area contributed by atoms with Crippen LogP contribution in [-0.4, -0.2) is 38.2 Å².